The first kappa shape index (κ1) is 13.0. The second-order valence-electron chi connectivity index (χ2n) is 3.97. The number of anilines is 1. The minimum absolute atomic E-state index is 0.254. The lowest BCUT2D eigenvalue weighted by Gasteiger charge is -2.06. The van der Waals surface area contributed by atoms with Crippen LogP contribution in [0.1, 0.15) is 18.2 Å². The number of hydrogen-bond acceptors (Lipinski definition) is 3. The normalized spacial score (nSPS) is 10.7. The molecule has 0 spiro atoms. The number of nitrogens with one attached hydrogen (secondary N) is 1. The third-order valence-corrected chi connectivity index (χ3v) is 3.01. The monoisotopic (exact) mass is 312 g/mol. The quantitative estimate of drug-likeness (QED) is 0.944. The van der Waals surface area contributed by atoms with E-state index in [4.69, 9.17) is 0 Å². The van der Waals surface area contributed by atoms with Gasteiger partial charge in [-0.25, -0.2) is 9.37 Å². The van der Waals surface area contributed by atoms with Crippen LogP contribution < -0.4 is 5.32 Å². The van der Waals surface area contributed by atoms with Crippen LogP contribution in [0.5, 0.6) is 0 Å². The summed E-state index contributed by atoms with van der Waals surface area (Å²) in [4.78, 5) is 3.99. The molecular formula is C12H14BrFN4. The summed E-state index contributed by atoms with van der Waals surface area (Å²) in [5.74, 6) is -0.115. The molecule has 0 radical (unpaired) electrons. The molecule has 2 aromatic heterocycles. The maximum atomic E-state index is 13.6. The fourth-order valence-corrected chi connectivity index (χ4v) is 2.06. The molecule has 0 aliphatic heterocycles. The smallest absolute Gasteiger partial charge is 0.166 e. The number of rotatable bonds is 4. The average molecular weight is 313 g/mol. The van der Waals surface area contributed by atoms with Crippen LogP contribution in [0.25, 0.3) is 0 Å². The van der Waals surface area contributed by atoms with Crippen LogP contribution in [-0.2, 0) is 20.0 Å². The molecule has 6 heteroatoms. The van der Waals surface area contributed by atoms with E-state index < -0.39 is 0 Å². The highest BCUT2D eigenvalue weighted by Gasteiger charge is 2.08. The molecule has 0 saturated heterocycles. The Balaban J connectivity index is 2.11. The number of nitrogens with zero attached hydrogens (tertiary/aromatic N) is 3. The molecule has 0 bridgehead atoms. The molecule has 2 rings (SSSR count). The lowest BCUT2D eigenvalue weighted by molar-refractivity contribution is 0.623. The molecule has 4 nitrogen and oxygen atoms in total. The van der Waals surface area contributed by atoms with E-state index in [2.05, 4.69) is 31.3 Å². The summed E-state index contributed by atoms with van der Waals surface area (Å²) in [6.07, 6.45) is 4.35. The van der Waals surface area contributed by atoms with Gasteiger partial charge in [0.25, 0.3) is 0 Å². The van der Waals surface area contributed by atoms with Gasteiger partial charge in [0.1, 0.15) is 0 Å². The second kappa shape index (κ2) is 5.48. The first-order valence-electron chi connectivity index (χ1n) is 5.66. The number of halogens is 2. The Morgan fingerprint density at radius 3 is 2.94 bits per heavy atom. The summed E-state index contributed by atoms with van der Waals surface area (Å²) in [5, 5.41) is 7.32. The van der Waals surface area contributed by atoms with Crippen LogP contribution in [0.3, 0.4) is 0 Å². The fraction of sp³-hybridized carbons (Fsp3) is 0.333. The first-order valence-corrected chi connectivity index (χ1v) is 6.45. The Morgan fingerprint density at radius 2 is 2.28 bits per heavy atom. The lowest BCUT2D eigenvalue weighted by Crippen LogP contribution is -2.04. The van der Waals surface area contributed by atoms with Crippen molar-refractivity contribution in [2.75, 3.05) is 5.32 Å². The second-order valence-corrected chi connectivity index (χ2v) is 4.88. The predicted octanol–water partition coefficient (Wildman–Crippen LogP) is 2.89. The third kappa shape index (κ3) is 2.87. The molecule has 0 aromatic carbocycles. The summed E-state index contributed by atoms with van der Waals surface area (Å²) >= 11 is 3.17. The highest BCUT2D eigenvalue weighted by atomic mass is 79.9. The molecule has 18 heavy (non-hydrogen) atoms. The molecule has 0 atom stereocenters. The zero-order chi connectivity index (χ0) is 13.1. The standard InChI is InChI=1S/C12H14BrFN4/c1-3-11-8(7-18(2)17-11)5-15-12-10(14)4-9(13)6-16-12/h4,6-7H,3,5H2,1-2H3,(H,15,16). The van der Waals surface area contributed by atoms with E-state index in [0.717, 1.165) is 17.7 Å². The van der Waals surface area contributed by atoms with Crippen LogP contribution in [0, 0.1) is 5.82 Å². The molecule has 96 valence electrons. The van der Waals surface area contributed by atoms with E-state index in [1.54, 1.807) is 10.9 Å². The molecule has 2 heterocycles. The van der Waals surface area contributed by atoms with Gasteiger partial charge in [-0.05, 0) is 28.4 Å². The summed E-state index contributed by atoms with van der Waals surface area (Å²) < 4.78 is 16.0. The molecular weight excluding hydrogens is 299 g/mol. The van der Waals surface area contributed by atoms with Crippen molar-refractivity contribution in [1.82, 2.24) is 14.8 Å². The maximum Gasteiger partial charge on any atom is 0.166 e. The van der Waals surface area contributed by atoms with Crippen LogP contribution in [0.15, 0.2) is 22.9 Å². The zero-order valence-corrected chi connectivity index (χ0v) is 11.8. The van der Waals surface area contributed by atoms with Crippen molar-refractivity contribution in [3.05, 3.63) is 40.0 Å². The number of aromatic nitrogens is 3. The molecule has 0 fully saturated rings. The van der Waals surface area contributed by atoms with Gasteiger partial charge in [0.2, 0.25) is 0 Å². The highest BCUT2D eigenvalue weighted by molar-refractivity contribution is 9.10. The van der Waals surface area contributed by atoms with Crippen molar-refractivity contribution in [3.63, 3.8) is 0 Å². The van der Waals surface area contributed by atoms with Gasteiger partial charge < -0.3 is 5.32 Å². The minimum Gasteiger partial charge on any atom is -0.363 e. The van der Waals surface area contributed by atoms with E-state index in [1.165, 1.54) is 6.07 Å². The van der Waals surface area contributed by atoms with Crippen molar-refractivity contribution in [1.29, 1.82) is 0 Å². The minimum atomic E-state index is -0.369. The van der Waals surface area contributed by atoms with Gasteiger partial charge in [0.15, 0.2) is 11.6 Å². The SMILES string of the molecule is CCc1nn(C)cc1CNc1ncc(Br)cc1F. The number of pyridine rings is 1. The zero-order valence-electron chi connectivity index (χ0n) is 10.2. The van der Waals surface area contributed by atoms with Gasteiger partial charge >= 0.3 is 0 Å². The number of hydrogen-bond donors (Lipinski definition) is 1. The average Bonchev–Trinajstić information content (AvgIpc) is 2.68. The van der Waals surface area contributed by atoms with E-state index in [1.807, 2.05) is 20.2 Å². The summed E-state index contributed by atoms with van der Waals surface area (Å²) in [5.41, 5.74) is 2.08. The van der Waals surface area contributed by atoms with Gasteiger partial charge in [0, 0.05) is 36.0 Å². The van der Waals surface area contributed by atoms with Crippen molar-refractivity contribution < 1.29 is 4.39 Å². The van der Waals surface area contributed by atoms with E-state index in [-0.39, 0.29) is 11.6 Å². The van der Waals surface area contributed by atoms with Gasteiger partial charge in [-0.1, -0.05) is 6.92 Å². The van der Waals surface area contributed by atoms with Crippen molar-refractivity contribution in [2.24, 2.45) is 7.05 Å². The molecule has 0 aliphatic carbocycles. The van der Waals surface area contributed by atoms with Gasteiger partial charge in [-0.15, -0.1) is 0 Å². The largest absolute Gasteiger partial charge is 0.363 e. The van der Waals surface area contributed by atoms with Crippen LogP contribution >= 0.6 is 15.9 Å². The summed E-state index contributed by atoms with van der Waals surface area (Å²) in [6, 6.07) is 1.39. The highest BCUT2D eigenvalue weighted by Crippen LogP contribution is 2.17. The van der Waals surface area contributed by atoms with Gasteiger partial charge in [-0.2, -0.15) is 5.10 Å². The Labute approximate surface area is 113 Å². The Bertz CT molecular complexity index is 553. The van der Waals surface area contributed by atoms with Crippen molar-refractivity contribution in [2.45, 2.75) is 19.9 Å². The number of aryl methyl sites for hydroxylation is 2. The third-order valence-electron chi connectivity index (χ3n) is 2.58. The van der Waals surface area contributed by atoms with Crippen LogP contribution in [0.4, 0.5) is 10.2 Å². The molecule has 0 saturated carbocycles. The van der Waals surface area contributed by atoms with Crippen molar-refractivity contribution in [3.8, 4) is 0 Å². The Kier molecular flexibility index (Phi) is 3.96. The van der Waals surface area contributed by atoms with E-state index in [0.29, 0.717) is 11.0 Å². The van der Waals surface area contributed by atoms with Crippen molar-refractivity contribution >= 4 is 21.7 Å². The molecule has 2 aromatic rings. The molecule has 0 unspecified atom stereocenters. The summed E-state index contributed by atoms with van der Waals surface area (Å²) in [7, 11) is 1.88. The fourth-order valence-electron chi connectivity index (χ4n) is 1.75. The van der Waals surface area contributed by atoms with Crippen LogP contribution in [0.2, 0.25) is 0 Å². The Morgan fingerprint density at radius 1 is 1.50 bits per heavy atom. The van der Waals surface area contributed by atoms with Gasteiger partial charge in [0.05, 0.1) is 5.69 Å². The van der Waals surface area contributed by atoms with Crippen LogP contribution in [-0.4, -0.2) is 14.8 Å². The first-order chi connectivity index (χ1) is 8.60. The lowest BCUT2D eigenvalue weighted by atomic mass is 10.2. The predicted molar refractivity (Wildman–Crippen MR) is 71.8 cm³/mol. The molecule has 0 aliphatic rings. The molecule has 1 N–H and O–H groups in total. The van der Waals surface area contributed by atoms with Gasteiger partial charge in [-0.3, -0.25) is 4.68 Å². The van der Waals surface area contributed by atoms with E-state index in [9.17, 15) is 4.39 Å². The maximum absolute atomic E-state index is 13.6. The summed E-state index contributed by atoms with van der Waals surface area (Å²) in [6.45, 7) is 2.56. The Hall–Kier alpha value is -1.43. The molecule has 0 amide bonds. The topological polar surface area (TPSA) is 42.7 Å². The van der Waals surface area contributed by atoms with E-state index >= 15 is 0 Å².